The Morgan fingerprint density at radius 2 is 1.76 bits per heavy atom. The van der Waals surface area contributed by atoms with Crippen LogP contribution in [0, 0.1) is 19.3 Å². The molecule has 0 unspecified atom stereocenters. The van der Waals surface area contributed by atoms with Gasteiger partial charge >= 0.3 is 0 Å². The van der Waals surface area contributed by atoms with Gasteiger partial charge in [0, 0.05) is 13.1 Å². The lowest BCUT2D eigenvalue weighted by atomic mass is 9.82. The van der Waals surface area contributed by atoms with Crippen molar-refractivity contribution in [1.29, 1.82) is 0 Å². The Hall–Kier alpha value is -1.07. The normalized spacial score (nSPS) is 19.0. The van der Waals surface area contributed by atoms with E-state index in [9.17, 15) is 8.42 Å². The largest absolute Gasteiger partial charge is 0.398 e. The zero-order chi connectivity index (χ0) is 15.8. The van der Waals surface area contributed by atoms with Gasteiger partial charge in [0.25, 0.3) is 0 Å². The van der Waals surface area contributed by atoms with Gasteiger partial charge in [-0.15, -0.1) is 0 Å². The standard InChI is InChI=1S/C16H26N2O2S/c1-5-16(6-2)7-8-18(11-16)21(19,20)15-10-13(4)12(3)9-14(15)17/h9-10H,5-8,11,17H2,1-4H3. The summed E-state index contributed by atoms with van der Waals surface area (Å²) in [6, 6.07) is 3.46. The van der Waals surface area contributed by atoms with E-state index < -0.39 is 10.0 Å². The average molecular weight is 310 g/mol. The summed E-state index contributed by atoms with van der Waals surface area (Å²) in [5, 5.41) is 0. The molecule has 21 heavy (non-hydrogen) atoms. The molecule has 4 nitrogen and oxygen atoms in total. The Balaban J connectivity index is 2.38. The van der Waals surface area contributed by atoms with Crippen LogP contribution in [0.15, 0.2) is 17.0 Å². The van der Waals surface area contributed by atoms with E-state index in [-0.39, 0.29) is 10.3 Å². The van der Waals surface area contributed by atoms with Gasteiger partial charge in [-0.25, -0.2) is 8.42 Å². The van der Waals surface area contributed by atoms with Crippen molar-refractivity contribution < 1.29 is 8.42 Å². The fraction of sp³-hybridized carbons (Fsp3) is 0.625. The third-order valence-electron chi connectivity index (χ3n) is 5.15. The molecule has 2 rings (SSSR count). The zero-order valence-electron chi connectivity index (χ0n) is 13.4. The van der Waals surface area contributed by atoms with Gasteiger partial charge in [0.15, 0.2) is 0 Å². The quantitative estimate of drug-likeness (QED) is 0.869. The lowest BCUT2D eigenvalue weighted by Crippen LogP contribution is -2.32. The molecule has 2 N–H and O–H groups in total. The minimum atomic E-state index is -3.49. The number of nitrogens with two attached hydrogens (primary N) is 1. The smallest absolute Gasteiger partial charge is 0.245 e. The number of sulfonamides is 1. The van der Waals surface area contributed by atoms with Crippen molar-refractivity contribution in [2.45, 2.75) is 51.9 Å². The van der Waals surface area contributed by atoms with Gasteiger partial charge in [0.1, 0.15) is 4.90 Å². The van der Waals surface area contributed by atoms with Gasteiger partial charge < -0.3 is 5.73 Å². The van der Waals surface area contributed by atoms with Crippen LogP contribution in [0.5, 0.6) is 0 Å². The highest BCUT2D eigenvalue weighted by molar-refractivity contribution is 7.89. The topological polar surface area (TPSA) is 63.4 Å². The highest BCUT2D eigenvalue weighted by Gasteiger charge is 2.41. The maximum Gasteiger partial charge on any atom is 0.245 e. The maximum absolute atomic E-state index is 12.9. The summed E-state index contributed by atoms with van der Waals surface area (Å²) in [6.45, 7) is 9.34. The van der Waals surface area contributed by atoms with Crippen LogP contribution >= 0.6 is 0 Å². The summed E-state index contributed by atoms with van der Waals surface area (Å²) < 4.78 is 27.4. The molecule has 0 spiro atoms. The molecule has 1 heterocycles. The number of nitrogens with zero attached hydrogens (tertiary/aromatic N) is 1. The average Bonchev–Trinajstić information content (AvgIpc) is 2.88. The van der Waals surface area contributed by atoms with E-state index in [0.29, 0.717) is 18.8 Å². The van der Waals surface area contributed by atoms with Gasteiger partial charge in [-0.3, -0.25) is 0 Å². The molecule has 0 amide bonds. The van der Waals surface area contributed by atoms with Gasteiger partial charge in [0.2, 0.25) is 10.0 Å². The number of rotatable bonds is 4. The predicted molar refractivity (Wildman–Crippen MR) is 86.7 cm³/mol. The second-order valence-electron chi connectivity index (χ2n) is 6.27. The van der Waals surface area contributed by atoms with E-state index in [0.717, 1.165) is 30.4 Å². The fourth-order valence-electron chi connectivity index (χ4n) is 3.10. The van der Waals surface area contributed by atoms with Crippen molar-refractivity contribution in [2.75, 3.05) is 18.8 Å². The first kappa shape index (κ1) is 16.3. The number of anilines is 1. The Morgan fingerprint density at radius 3 is 2.29 bits per heavy atom. The van der Waals surface area contributed by atoms with E-state index >= 15 is 0 Å². The van der Waals surface area contributed by atoms with E-state index in [4.69, 9.17) is 5.73 Å². The van der Waals surface area contributed by atoms with Crippen LogP contribution in [0.2, 0.25) is 0 Å². The number of nitrogen functional groups attached to an aromatic ring is 1. The first-order chi connectivity index (χ1) is 9.75. The molecule has 1 saturated heterocycles. The third kappa shape index (κ3) is 2.81. The van der Waals surface area contributed by atoms with Crippen LogP contribution in [0.25, 0.3) is 0 Å². The Bertz CT molecular complexity index is 634. The van der Waals surface area contributed by atoms with Crippen LogP contribution in [-0.4, -0.2) is 25.8 Å². The molecule has 1 aliphatic heterocycles. The van der Waals surface area contributed by atoms with Gasteiger partial charge in [-0.2, -0.15) is 4.31 Å². The molecule has 0 radical (unpaired) electrons. The van der Waals surface area contributed by atoms with Crippen LogP contribution in [0.4, 0.5) is 5.69 Å². The molecule has 1 fully saturated rings. The maximum atomic E-state index is 12.9. The summed E-state index contributed by atoms with van der Waals surface area (Å²) in [5.74, 6) is 0. The van der Waals surface area contributed by atoms with Crippen LogP contribution < -0.4 is 5.73 Å². The molecule has 1 aromatic rings. The van der Waals surface area contributed by atoms with Crippen LogP contribution in [-0.2, 0) is 10.0 Å². The Labute approximate surface area is 128 Å². The third-order valence-corrected chi connectivity index (χ3v) is 7.05. The zero-order valence-corrected chi connectivity index (χ0v) is 14.3. The molecule has 118 valence electrons. The minimum Gasteiger partial charge on any atom is -0.398 e. The minimum absolute atomic E-state index is 0.127. The Kier molecular flexibility index (Phi) is 4.36. The molecule has 0 aliphatic carbocycles. The molecule has 1 aromatic carbocycles. The number of hydrogen-bond donors (Lipinski definition) is 1. The van der Waals surface area contributed by atoms with E-state index in [2.05, 4.69) is 13.8 Å². The van der Waals surface area contributed by atoms with Gasteiger partial charge in [0.05, 0.1) is 5.69 Å². The second-order valence-corrected chi connectivity index (χ2v) is 8.18. The van der Waals surface area contributed by atoms with E-state index in [1.54, 1.807) is 16.4 Å². The van der Waals surface area contributed by atoms with Crippen molar-refractivity contribution in [2.24, 2.45) is 5.41 Å². The van der Waals surface area contributed by atoms with Gasteiger partial charge in [-0.05, 0) is 61.8 Å². The second kappa shape index (κ2) is 5.61. The monoisotopic (exact) mass is 310 g/mol. The van der Waals surface area contributed by atoms with Crippen LogP contribution in [0.1, 0.15) is 44.2 Å². The molecule has 0 aromatic heterocycles. The summed E-state index contributed by atoms with van der Waals surface area (Å²) in [5.41, 5.74) is 8.42. The lowest BCUT2D eigenvalue weighted by Gasteiger charge is -2.26. The first-order valence-electron chi connectivity index (χ1n) is 7.62. The lowest BCUT2D eigenvalue weighted by molar-refractivity contribution is 0.279. The molecular weight excluding hydrogens is 284 g/mol. The molecular formula is C16H26N2O2S. The van der Waals surface area contributed by atoms with Crippen molar-refractivity contribution in [3.63, 3.8) is 0 Å². The van der Waals surface area contributed by atoms with E-state index in [1.165, 1.54) is 0 Å². The SMILES string of the molecule is CCC1(CC)CCN(S(=O)(=O)c2cc(C)c(C)cc2N)C1. The van der Waals surface area contributed by atoms with Gasteiger partial charge in [-0.1, -0.05) is 13.8 Å². The van der Waals surface area contributed by atoms with E-state index in [1.807, 2.05) is 13.8 Å². The Morgan fingerprint density at radius 1 is 1.19 bits per heavy atom. The number of hydrogen-bond acceptors (Lipinski definition) is 3. The molecule has 0 atom stereocenters. The van der Waals surface area contributed by atoms with Crippen molar-refractivity contribution in [3.05, 3.63) is 23.3 Å². The van der Waals surface area contributed by atoms with Crippen LogP contribution in [0.3, 0.4) is 0 Å². The summed E-state index contributed by atoms with van der Waals surface area (Å²) in [7, 11) is -3.49. The highest BCUT2D eigenvalue weighted by atomic mass is 32.2. The van der Waals surface area contributed by atoms with Crippen molar-refractivity contribution in [3.8, 4) is 0 Å². The molecule has 0 bridgehead atoms. The highest BCUT2D eigenvalue weighted by Crippen LogP contribution is 2.40. The molecule has 0 saturated carbocycles. The fourth-order valence-corrected chi connectivity index (χ4v) is 4.84. The predicted octanol–water partition coefficient (Wildman–Crippen LogP) is 3.09. The van der Waals surface area contributed by atoms with Crippen molar-refractivity contribution >= 4 is 15.7 Å². The first-order valence-corrected chi connectivity index (χ1v) is 9.06. The summed E-state index contributed by atoms with van der Waals surface area (Å²) in [6.07, 6.45) is 2.96. The summed E-state index contributed by atoms with van der Waals surface area (Å²) >= 11 is 0. The number of aryl methyl sites for hydroxylation is 2. The molecule has 1 aliphatic rings. The summed E-state index contributed by atoms with van der Waals surface area (Å²) in [4.78, 5) is 0.258. The number of benzene rings is 1. The van der Waals surface area contributed by atoms with Crippen molar-refractivity contribution in [1.82, 2.24) is 4.31 Å². The molecule has 5 heteroatoms.